The summed E-state index contributed by atoms with van der Waals surface area (Å²) in [6, 6.07) is 17.1. The Morgan fingerprint density at radius 3 is 2.44 bits per heavy atom. The Bertz CT molecular complexity index is 993. The molecule has 3 rings (SSSR count). The lowest BCUT2D eigenvalue weighted by atomic mass is 9.97. The quantitative estimate of drug-likeness (QED) is 0.728. The minimum Gasteiger partial charge on any atom is -0.348 e. The molecular weight excluding hydrogens is 338 g/mol. The van der Waals surface area contributed by atoms with E-state index in [1.807, 2.05) is 42.5 Å². The first-order valence-electron chi connectivity index (χ1n) is 9.26. The van der Waals surface area contributed by atoms with Gasteiger partial charge in [-0.25, -0.2) is 4.98 Å². The number of amides is 1. The van der Waals surface area contributed by atoms with Crippen LogP contribution in [-0.2, 0) is 11.3 Å². The van der Waals surface area contributed by atoms with Gasteiger partial charge < -0.3 is 5.32 Å². The molecule has 0 aliphatic rings. The van der Waals surface area contributed by atoms with E-state index in [1.54, 1.807) is 19.1 Å². The summed E-state index contributed by atoms with van der Waals surface area (Å²) in [5, 5.41) is 3.61. The summed E-state index contributed by atoms with van der Waals surface area (Å²) in [6.45, 7) is 5.97. The molecule has 0 saturated carbocycles. The van der Waals surface area contributed by atoms with Gasteiger partial charge in [0.15, 0.2) is 0 Å². The van der Waals surface area contributed by atoms with Gasteiger partial charge in [0, 0.05) is 0 Å². The van der Waals surface area contributed by atoms with Gasteiger partial charge >= 0.3 is 0 Å². The van der Waals surface area contributed by atoms with Gasteiger partial charge in [-0.2, -0.15) is 0 Å². The van der Waals surface area contributed by atoms with Crippen LogP contribution < -0.4 is 10.9 Å². The van der Waals surface area contributed by atoms with Crippen molar-refractivity contribution in [3.05, 3.63) is 76.3 Å². The van der Waals surface area contributed by atoms with Crippen molar-refractivity contribution in [1.82, 2.24) is 14.9 Å². The maximum absolute atomic E-state index is 12.8. The highest BCUT2D eigenvalue weighted by Crippen LogP contribution is 2.21. The largest absolute Gasteiger partial charge is 0.348 e. The van der Waals surface area contributed by atoms with E-state index in [1.165, 1.54) is 4.57 Å². The van der Waals surface area contributed by atoms with E-state index >= 15 is 0 Å². The van der Waals surface area contributed by atoms with Crippen molar-refractivity contribution in [3.63, 3.8) is 0 Å². The molecule has 5 heteroatoms. The molecule has 3 aromatic rings. The number of nitrogens with one attached hydrogen (secondary N) is 1. The van der Waals surface area contributed by atoms with Gasteiger partial charge in [0.25, 0.3) is 5.56 Å². The first-order chi connectivity index (χ1) is 13.0. The molecule has 0 unspecified atom stereocenters. The number of aryl methyl sites for hydroxylation is 1. The Kier molecular flexibility index (Phi) is 5.69. The summed E-state index contributed by atoms with van der Waals surface area (Å²) in [5.74, 6) is 0.781. The highest BCUT2D eigenvalue weighted by Gasteiger charge is 2.18. The maximum Gasteiger partial charge on any atom is 0.261 e. The van der Waals surface area contributed by atoms with Crippen LogP contribution in [0.5, 0.6) is 0 Å². The molecule has 27 heavy (non-hydrogen) atoms. The molecule has 5 nitrogen and oxygen atoms in total. The normalized spacial score (nSPS) is 12.3. The van der Waals surface area contributed by atoms with Crippen LogP contribution in [0.2, 0.25) is 0 Å². The molecule has 0 radical (unpaired) electrons. The van der Waals surface area contributed by atoms with Crippen LogP contribution in [0.25, 0.3) is 10.9 Å². The van der Waals surface area contributed by atoms with Crippen LogP contribution in [-0.4, -0.2) is 15.5 Å². The number of hydrogen-bond acceptors (Lipinski definition) is 3. The Hall–Kier alpha value is -2.95. The third-order valence-corrected chi connectivity index (χ3v) is 4.60. The molecule has 0 bridgehead atoms. The first-order valence-corrected chi connectivity index (χ1v) is 9.26. The first kappa shape index (κ1) is 18.8. The average molecular weight is 363 g/mol. The monoisotopic (exact) mass is 363 g/mol. The number of fused-ring (bicyclic) bond motifs is 1. The Morgan fingerprint density at radius 2 is 1.74 bits per heavy atom. The van der Waals surface area contributed by atoms with Crippen molar-refractivity contribution in [3.8, 4) is 0 Å². The fourth-order valence-electron chi connectivity index (χ4n) is 3.28. The van der Waals surface area contributed by atoms with E-state index in [2.05, 4.69) is 24.1 Å². The number of hydrogen-bond donors (Lipinski definition) is 1. The second kappa shape index (κ2) is 8.16. The molecule has 1 atom stereocenters. The number of carbonyl (C=O) groups excluding carboxylic acids is 1. The van der Waals surface area contributed by atoms with Crippen LogP contribution in [0.4, 0.5) is 0 Å². The molecule has 1 aromatic heterocycles. The molecule has 1 heterocycles. The van der Waals surface area contributed by atoms with E-state index in [0.29, 0.717) is 22.6 Å². The maximum atomic E-state index is 12.8. The molecule has 0 saturated heterocycles. The molecule has 0 aliphatic carbocycles. The lowest BCUT2D eigenvalue weighted by molar-refractivity contribution is -0.122. The lowest BCUT2D eigenvalue weighted by Gasteiger charge is -2.22. The SMILES string of the molecule is Cc1nc2ccccc2c(=O)n1CC(=O)N[C@@H](CC(C)C)c1ccccc1. The fourth-order valence-corrected chi connectivity index (χ4v) is 3.28. The van der Waals surface area contributed by atoms with Gasteiger partial charge in [0.2, 0.25) is 5.91 Å². The predicted molar refractivity (Wildman–Crippen MR) is 108 cm³/mol. The Labute approximate surface area is 159 Å². The highest BCUT2D eigenvalue weighted by atomic mass is 16.2. The van der Waals surface area contributed by atoms with E-state index in [0.717, 1.165) is 12.0 Å². The molecular formula is C22H25N3O2. The van der Waals surface area contributed by atoms with Gasteiger partial charge in [0.05, 0.1) is 16.9 Å². The van der Waals surface area contributed by atoms with Gasteiger partial charge in [0.1, 0.15) is 12.4 Å². The predicted octanol–water partition coefficient (Wildman–Crippen LogP) is 3.61. The summed E-state index contributed by atoms with van der Waals surface area (Å²) in [6.07, 6.45) is 0.833. The average Bonchev–Trinajstić information content (AvgIpc) is 2.65. The van der Waals surface area contributed by atoms with Crippen LogP contribution in [0.3, 0.4) is 0 Å². The molecule has 1 N–H and O–H groups in total. The summed E-state index contributed by atoms with van der Waals surface area (Å²) >= 11 is 0. The van der Waals surface area contributed by atoms with Crippen LogP contribution >= 0.6 is 0 Å². The third-order valence-electron chi connectivity index (χ3n) is 4.60. The van der Waals surface area contributed by atoms with E-state index in [9.17, 15) is 9.59 Å². The van der Waals surface area contributed by atoms with Crippen molar-refractivity contribution >= 4 is 16.8 Å². The zero-order valence-corrected chi connectivity index (χ0v) is 16.0. The van der Waals surface area contributed by atoms with E-state index in [4.69, 9.17) is 0 Å². The minimum absolute atomic E-state index is 0.0378. The second-order valence-corrected chi connectivity index (χ2v) is 7.23. The molecule has 0 fully saturated rings. The number of rotatable bonds is 6. The summed E-state index contributed by atoms with van der Waals surface area (Å²) < 4.78 is 1.44. The molecule has 1 amide bonds. The third kappa shape index (κ3) is 4.42. The van der Waals surface area contributed by atoms with Crippen LogP contribution in [0.15, 0.2) is 59.4 Å². The van der Waals surface area contributed by atoms with Gasteiger partial charge in [-0.1, -0.05) is 56.3 Å². The molecule has 2 aromatic carbocycles. The standard InChI is InChI=1S/C22H25N3O2/c1-15(2)13-20(17-9-5-4-6-10-17)24-21(26)14-25-16(3)23-19-12-8-7-11-18(19)22(25)27/h4-12,15,20H,13-14H2,1-3H3,(H,24,26)/t20-/m0/s1. The lowest BCUT2D eigenvalue weighted by Crippen LogP contribution is -2.36. The Morgan fingerprint density at radius 1 is 1.07 bits per heavy atom. The van der Waals surface area contributed by atoms with E-state index in [-0.39, 0.29) is 24.1 Å². The van der Waals surface area contributed by atoms with Crippen molar-refractivity contribution in [1.29, 1.82) is 0 Å². The smallest absolute Gasteiger partial charge is 0.261 e. The number of carbonyl (C=O) groups is 1. The van der Waals surface area contributed by atoms with Crippen molar-refractivity contribution in [2.45, 2.75) is 39.8 Å². The number of aromatic nitrogens is 2. The van der Waals surface area contributed by atoms with Gasteiger partial charge in [-0.15, -0.1) is 0 Å². The summed E-state index contributed by atoms with van der Waals surface area (Å²) in [5.41, 5.74) is 1.53. The second-order valence-electron chi connectivity index (χ2n) is 7.23. The fraction of sp³-hybridized carbons (Fsp3) is 0.318. The number of nitrogens with zero attached hydrogens (tertiary/aromatic N) is 2. The number of para-hydroxylation sites is 1. The Balaban J connectivity index is 1.84. The molecule has 0 spiro atoms. The van der Waals surface area contributed by atoms with Crippen LogP contribution in [0.1, 0.15) is 37.7 Å². The zero-order chi connectivity index (χ0) is 19.4. The topological polar surface area (TPSA) is 64.0 Å². The minimum atomic E-state index is -0.188. The van der Waals surface area contributed by atoms with Gasteiger partial charge in [-0.3, -0.25) is 14.2 Å². The molecule has 0 aliphatic heterocycles. The van der Waals surface area contributed by atoms with Crippen molar-refractivity contribution < 1.29 is 4.79 Å². The summed E-state index contributed by atoms with van der Waals surface area (Å²) in [4.78, 5) is 29.9. The molecule has 140 valence electrons. The van der Waals surface area contributed by atoms with Gasteiger partial charge in [-0.05, 0) is 37.0 Å². The highest BCUT2D eigenvalue weighted by molar-refractivity contribution is 5.79. The van der Waals surface area contributed by atoms with Crippen molar-refractivity contribution in [2.75, 3.05) is 0 Å². The van der Waals surface area contributed by atoms with Crippen LogP contribution in [0, 0.1) is 12.8 Å². The zero-order valence-electron chi connectivity index (χ0n) is 16.0. The number of benzene rings is 2. The summed E-state index contributed by atoms with van der Waals surface area (Å²) in [7, 11) is 0. The van der Waals surface area contributed by atoms with E-state index < -0.39 is 0 Å². The van der Waals surface area contributed by atoms with Crippen molar-refractivity contribution in [2.24, 2.45) is 5.92 Å².